The van der Waals surface area contributed by atoms with E-state index < -0.39 is 10.0 Å². The topological polar surface area (TPSA) is 37.4 Å². The molecule has 0 aromatic heterocycles. The van der Waals surface area contributed by atoms with Crippen LogP contribution in [0.1, 0.15) is 24.8 Å². The summed E-state index contributed by atoms with van der Waals surface area (Å²) in [7, 11) is -3.34. The molecule has 118 valence electrons. The fraction of sp³-hybridized carbons (Fsp3) is 0.444. The molecule has 1 saturated heterocycles. The third-order valence-corrected chi connectivity index (χ3v) is 6.60. The Morgan fingerprint density at radius 3 is 2.18 bits per heavy atom. The van der Waals surface area contributed by atoms with Crippen molar-refractivity contribution in [1.82, 2.24) is 4.31 Å². The lowest BCUT2D eigenvalue weighted by molar-refractivity contribution is 0.250. The Morgan fingerprint density at radius 2 is 1.59 bits per heavy atom. The summed E-state index contributed by atoms with van der Waals surface area (Å²) in [5.74, 6) is 1.05. The van der Waals surface area contributed by atoms with E-state index in [2.05, 4.69) is 24.3 Å². The smallest absolute Gasteiger partial charge is 0.207 e. The Hall–Kier alpha value is -1.39. The van der Waals surface area contributed by atoms with Gasteiger partial charge in [-0.2, -0.15) is 4.31 Å². The molecule has 0 radical (unpaired) electrons. The third kappa shape index (κ3) is 3.18. The summed E-state index contributed by atoms with van der Waals surface area (Å²) in [6.45, 7) is 3.21. The number of aryl methyl sites for hydroxylation is 1. The van der Waals surface area contributed by atoms with Crippen LogP contribution in [0.4, 0.5) is 0 Å². The third-order valence-electron chi connectivity index (χ3n) is 4.69. The van der Waals surface area contributed by atoms with Crippen LogP contribution in [-0.4, -0.2) is 25.8 Å². The minimum atomic E-state index is -3.34. The second-order valence-electron chi connectivity index (χ2n) is 6.22. The Bertz CT molecular complexity index is 654. The second kappa shape index (κ2) is 6.39. The fourth-order valence-electron chi connectivity index (χ4n) is 3.29. The largest absolute Gasteiger partial charge is 0.243 e. The van der Waals surface area contributed by atoms with Crippen molar-refractivity contribution in [3.05, 3.63) is 54.1 Å². The zero-order valence-corrected chi connectivity index (χ0v) is 13.8. The highest BCUT2D eigenvalue weighted by Crippen LogP contribution is 2.31. The van der Waals surface area contributed by atoms with Crippen molar-refractivity contribution in [3.63, 3.8) is 0 Å². The quantitative estimate of drug-likeness (QED) is 0.800. The number of allylic oxidation sites excluding steroid dienone is 4. The number of piperidine rings is 1. The summed E-state index contributed by atoms with van der Waals surface area (Å²) in [4.78, 5) is 0.411. The van der Waals surface area contributed by atoms with Crippen LogP contribution in [0.15, 0.2) is 53.5 Å². The molecular weight excluding hydrogens is 294 g/mol. The van der Waals surface area contributed by atoms with E-state index >= 15 is 0 Å². The highest BCUT2D eigenvalue weighted by molar-refractivity contribution is 7.89. The molecule has 1 aromatic carbocycles. The van der Waals surface area contributed by atoms with E-state index in [1.54, 1.807) is 16.4 Å². The van der Waals surface area contributed by atoms with Crippen molar-refractivity contribution < 1.29 is 8.42 Å². The van der Waals surface area contributed by atoms with Gasteiger partial charge in [0.25, 0.3) is 0 Å². The van der Waals surface area contributed by atoms with E-state index in [4.69, 9.17) is 0 Å². The monoisotopic (exact) mass is 317 g/mol. The molecule has 1 heterocycles. The first-order valence-electron chi connectivity index (χ1n) is 7.97. The molecule has 3 rings (SSSR count). The van der Waals surface area contributed by atoms with Crippen molar-refractivity contribution in [2.45, 2.75) is 31.1 Å². The van der Waals surface area contributed by atoms with Gasteiger partial charge in [-0.05, 0) is 50.2 Å². The van der Waals surface area contributed by atoms with Crippen molar-refractivity contribution in [2.24, 2.45) is 11.8 Å². The number of benzene rings is 1. The standard InChI is InChI=1S/C18H23NO2S/c1-15-7-9-18(10-8-15)22(20,21)19-13-11-17(12-14-19)16-5-3-2-4-6-16/h3-10,16-17H,2,11-14H2,1H3. The van der Waals surface area contributed by atoms with Crippen molar-refractivity contribution in [1.29, 1.82) is 0 Å². The molecule has 0 saturated carbocycles. The first-order chi connectivity index (χ1) is 10.6. The average Bonchev–Trinajstić information content (AvgIpc) is 2.56. The van der Waals surface area contributed by atoms with E-state index in [0.717, 1.165) is 24.8 Å². The zero-order chi connectivity index (χ0) is 15.6. The highest BCUT2D eigenvalue weighted by atomic mass is 32.2. The van der Waals surface area contributed by atoms with Gasteiger partial charge in [-0.25, -0.2) is 8.42 Å². The fourth-order valence-corrected chi connectivity index (χ4v) is 4.76. The lowest BCUT2D eigenvalue weighted by Crippen LogP contribution is -2.39. The molecule has 1 aromatic rings. The molecule has 1 aliphatic heterocycles. The highest BCUT2D eigenvalue weighted by Gasteiger charge is 2.31. The van der Waals surface area contributed by atoms with E-state index in [9.17, 15) is 8.42 Å². The molecule has 0 unspecified atom stereocenters. The van der Waals surface area contributed by atoms with E-state index in [0.29, 0.717) is 29.8 Å². The van der Waals surface area contributed by atoms with Crippen molar-refractivity contribution >= 4 is 10.0 Å². The Morgan fingerprint density at radius 1 is 1.00 bits per heavy atom. The molecule has 4 heteroatoms. The number of nitrogens with zero attached hydrogens (tertiary/aromatic N) is 1. The summed E-state index contributed by atoms with van der Waals surface area (Å²) >= 11 is 0. The van der Waals surface area contributed by atoms with Crippen molar-refractivity contribution in [2.75, 3.05) is 13.1 Å². The zero-order valence-electron chi connectivity index (χ0n) is 13.0. The summed E-state index contributed by atoms with van der Waals surface area (Å²) in [5, 5.41) is 0. The molecular formula is C18H23NO2S. The summed E-state index contributed by atoms with van der Waals surface area (Å²) < 4.78 is 27.0. The maximum Gasteiger partial charge on any atom is 0.243 e. The summed E-state index contributed by atoms with van der Waals surface area (Å²) in [5.41, 5.74) is 1.08. The second-order valence-corrected chi connectivity index (χ2v) is 8.16. The van der Waals surface area contributed by atoms with Gasteiger partial charge in [-0.15, -0.1) is 0 Å². The number of rotatable bonds is 3. The minimum Gasteiger partial charge on any atom is -0.207 e. The van der Waals surface area contributed by atoms with Crippen LogP contribution >= 0.6 is 0 Å². The van der Waals surface area contributed by atoms with Gasteiger partial charge in [0.05, 0.1) is 4.90 Å². The molecule has 0 N–H and O–H groups in total. The van der Waals surface area contributed by atoms with E-state index in [1.165, 1.54) is 0 Å². The molecule has 0 amide bonds. The van der Waals surface area contributed by atoms with Gasteiger partial charge in [-0.3, -0.25) is 0 Å². The van der Waals surface area contributed by atoms with Gasteiger partial charge >= 0.3 is 0 Å². The minimum absolute atomic E-state index is 0.411. The molecule has 1 fully saturated rings. The predicted octanol–water partition coefficient (Wildman–Crippen LogP) is 3.53. The summed E-state index contributed by atoms with van der Waals surface area (Å²) in [6.07, 6.45) is 11.9. The first-order valence-corrected chi connectivity index (χ1v) is 9.41. The average molecular weight is 317 g/mol. The predicted molar refractivity (Wildman–Crippen MR) is 89.0 cm³/mol. The number of sulfonamides is 1. The Balaban J connectivity index is 1.67. The normalized spacial score (nSPS) is 21.3. The van der Waals surface area contributed by atoms with E-state index in [1.807, 2.05) is 19.1 Å². The van der Waals surface area contributed by atoms with Crippen LogP contribution in [0.2, 0.25) is 0 Å². The Kier molecular flexibility index (Phi) is 4.50. The molecule has 0 spiro atoms. The SMILES string of the molecule is Cc1ccc(S(=O)(=O)N2CCC(C3C=CCC=C3)CC2)cc1. The molecule has 22 heavy (non-hydrogen) atoms. The number of hydrogen-bond acceptors (Lipinski definition) is 2. The van der Waals surface area contributed by atoms with Gasteiger partial charge in [-0.1, -0.05) is 42.0 Å². The van der Waals surface area contributed by atoms with Gasteiger partial charge in [0, 0.05) is 13.1 Å². The van der Waals surface area contributed by atoms with Crippen LogP contribution in [0.5, 0.6) is 0 Å². The van der Waals surface area contributed by atoms with Crippen molar-refractivity contribution in [3.8, 4) is 0 Å². The van der Waals surface area contributed by atoms with Crippen LogP contribution in [0, 0.1) is 18.8 Å². The van der Waals surface area contributed by atoms with Gasteiger partial charge in [0.2, 0.25) is 10.0 Å². The molecule has 0 atom stereocenters. The van der Waals surface area contributed by atoms with Gasteiger partial charge in [0.15, 0.2) is 0 Å². The number of hydrogen-bond donors (Lipinski definition) is 0. The molecule has 0 bridgehead atoms. The summed E-state index contributed by atoms with van der Waals surface area (Å²) in [6, 6.07) is 7.14. The Labute approximate surface area is 133 Å². The lowest BCUT2D eigenvalue weighted by Gasteiger charge is -2.34. The van der Waals surface area contributed by atoms with Gasteiger partial charge in [0.1, 0.15) is 0 Å². The van der Waals surface area contributed by atoms with Crippen LogP contribution in [0.3, 0.4) is 0 Å². The van der Waals surface area contributed by atoms with Crippen LogP contribution < -0.4 is 0 Å². The van der Waals surface area contributed by atoms with Crippen LogP contribution in [0.25, 0.3) is 0 Å². The lowest BCUT2D eigenvalue weighted by atomic mass is 9.83. The maximum atomic E-state index is 12.7. The van der Waals surface area contributed by atoms with E-state index in [-0.39, 0.29) is 0 Å². The molecule has 3 nitrogen and oxygen atoms in total. The van der Waals surface area contributed by atoms with Crippen LogP contribution in [-0.2, 0) is 10.0 Å². The maximum absolute atomic E-state index is 12.7. The molecule has 1 aliphatic carbocycles. The first kappa shape index (κ1) is 15.5. The van der Waals surface area contributed by atoms with Gasteiger partial charge < -0.3 is 0 Å². The molecule has 2 aliphatic rings.